The minimum atomic E-state index is -0.859. The van der Waals surface area contributed by atoms with Gasteiger partial charge in [0, 0.05) is 11.5 Å². The van der Waals surface area contributed by atoms with Crippen LogP contribution < -0.4 is 0 Å². The number of allylic oxidation sites excluding steroid dienone is 4. The molecular formula is C7H8ClF. The van der Waals surface area contributed by atoms with Gasteiger partial charge in [0.25, 0.3) is 0 Å². The van der Waals surface area contributed by atoms with Crippen LogP contribution in [0, 0.1) is 0 Å². The summed E-state index contributed by atoms with van der Waals surface area (Å²) < 4.78 is 12.6. The topological polar surface area (TPSA) is 0 Å². The fraction of sp³-hybridized carbons (Fsp3) is 0.429. The molecule has 0 heterocycles. The van der Waals surface area contributed by atoms with E-state index in [1.54, 1.807) is 19.1 Å². The van der Waals surface area contributed by atoms with Gasteiger partial charge >= 0.3 is 0 Å². The molecule has 0 N–H and O–H groups in total. The van der Waals surface area contributed by atoms with E-state index in [0.29, 0.717) is 11.5 Å². The first-order valence-electron chi connectivity index (χ1n) is 2.87. The van der Waals surface area contributed by atoms with Crippen LogP contribution >= 0.6 is 11.6 Å². The largest absolute Gasteiger partial charge is 0.242 e. The van der Waals surface area contributed by atoms with E-state index in [4.69, 9.17) is 11.6 Å². The second kappa shape index (κ2) is 2.53. The molecule has 0 aromatic rings. The number of hydrogen-bond acceptors (Lipinski definition) is 0. The van der Waals surface area contributed by atoms with Crippen molar-refractivity contribution in [3.05, 3.63) is 22.8 Å². The van der Waals surface area contributed by atoms with Crippen LogP contribution in [0.4, 0.5) is 4.39 Å². The van der Waals surface area contributed by atoms with Gasteiger partial charge in [-0.15, -0.1) is 0 Å². The molecule has 0 aromatic heterocycles. The standard InChI is InChI=1S/C7H8ClF/c1-5-2-3-6(8)4-7(5)9/h2-3,7H,4H2,1H3/t7-/m0/s1. The Morgan fingerprint density at radius 2 is 2.33 bits per heavy atom. The van der Waals surface area contributed by atoms with E-state index in [0.717, 1.165) is 5.57 Å². The molecule has 0 fully saturated rings. The van der Waals surface area contributed by atoms with Crippen molar-refractivity contribution in [2.24, 2.45) is 0 Å². The van der Waals surface area contributed by atoms with E-state index in [2.05, 4.69) is 0 Å². The lowest BCUT2D eigenvalue weighted by molar-refractivity contribution is 0.380. The average Bonchev–Trinajstić information content (AvgIpc) is 1.80. The minimum absolute atomic E-state index is 0.351. The fourth-order valence-electron chi connectivity index (χ4n) is 0.727. The van der Waals surface area contributed by atoms with Crippen molar-refractivity contribution in [1.29, 1.82) is 0 Å². The number of halogens is 2. The van der Waals surface area contributed by atoms with Gasteiger partial charge in [-0.1, -0.05) is 17.7 Å². The molecule has 0 radical (unpaired) electrons. The molecule has 0 saturated heterocycles. The normalized spacial score (nSPS) is 27.2. The summed E-state index contributed by atoms with van der Waals surface area (Å²) in [6.07, 6.45) is 2.95. The molecule has 50 valence electrons. The lowest BCUT2D eigenvalue weighted by atomic mass is 10.1. The summed E-state index contributed by atoms with van der Waals surface area (Å²) in [6, 6.07) is 0. The van der Waals surface area contributed by atoms with Crippen molar-refractivity contribution in [2.75, 3.05) is 0 Å². The van der Waals surface area contributed by atoms with E-state index >= 15 is 0 Å². The summed E-state index contributed by atoms with van der Waals surface area (Å²) in [5.74, 6) is 0. The quantitative estimate of drug-likeness (QED) is 0.493. The minimum Gasteiger partial charge on any atom is -0.242 e. The molecule has 1 rings (SSSR count). The van der Waals surface area contributed by atoms with Crippen molar-refractivity contribution in [1.82, 2.24) is 0 Å². The highest BCUT2D eigenvalue weighted by Gasteiger charge is 2.12. The van der Waals surface area contributed by atoms with Gasteiger partial charge in [0.15, 0.2) is 0 Å². The Kier molecular flexibility index (Phi) is 1.91. The molecule has 0 bridgehead atoms. The predicted molar refractivity (Wildman–Crippen MR) is 37.2 cm³/mol. The van der Waals surface area contributed by atoms with Crippen LogP contribution in [-0.4, -0.2) is 6.17 Å². The summed E-state index contributed by atoms with van der Waals surface area (Å²) in [5, 5.41) is 0.605. The zero-order chi connectivity index (χ0) is 6.85. The third kappa shape index (κ3) is 1.55. The Balaban J connectivity index is 2.74. The first-order chi connectivity index (χ1) is 4.20. The third-order valence-corrected chi connectivity index (χ3v) is 1.68. The van der Waals surface area contributed by atoms with Gasteiger partial charge < -0.3 is 0 Å². The highest BCUT2D eigenvalue weighted by molar-refractivity contribution is 6.29. The van der Waals surface area contributed by atoms with Crippen molar-refractivity contribution >= 4 is 11.6 Å². The summed E-state index contributed by atoms with van der Waals surface area (Å²) in [6.45, 7) is 1.77. The van der Waals surface area contributed by atoms with Gasteiger partial charge in [0.05, 0.1) is 0 Å². The van der Waals surface area contributed by atoms with Crippen LogP contribution in [0.15, 0.2) is 22.8 Å². The smallest absolute Gasteiger partial charge is 0.126 e. The zero-order valence-electron chi connectivity index (χ0n) is 5.20. The summed E-state index contributed by atoms with van der Waals surface area (Å²) in [7, 11) is 0. The highest BCUT2D eigenvalue weighted by Crippen LogP contribution is 2.23. The molecule has 2 heteroatoms. The molecule has 0 nitrogen and oxygen atoms in total. The summed E-state index contributed by atoms with van der Waals surface area (Å²) in [5.41, 5.74) is 0.763. The first-order valence-corrected chi connectivity index (χ1v) is 3.25. The van der Waals surface area contributed by atoms with Crippen LogP contribution in [0.25, 0.3) is 0 Å². The molecule has 0 spiro atoms. The number of alkyl halides is 1. The van der Waals surface area contributed by atoms with Crippen LogP contribution in [0.3, 0.4) is 0 Å². The van der Waals surface area contributed by atoms with Gasteiger partial charge in [-0.2, -0.15) is 0 Å². The Morgan fingerprint density at radius 3 is 2.78 bits per heavy atom. The fourth-order valence-corrected chi connectivity index (χ4v) is 0.925. The second-order valence-corrected chi connectivity index (χ2v) is 2.68. The molecule has 0 aliphatic heterocycles. The van der Waals surface area contributed by atoms with Gasteiger partial charge in [-0.05, 0) is 18.6 Å². The SMILES string of the molecule is CC1=CC=C(Cl)C[C@@H]1F. The van der Waals surface area contributed by atoms with Crippen molar-refractivity contribution in [2.45, 2.75) is 19.5 Å². The monoisotopic (exact) mass is 146 g/mol. The Labute approximate surface area is 59.0 Å². The van der Waals surface area contributed by atoms with Crippen LogP contribution in [0.5, 0.6) is 0 Å². The third-order valence-electron chi connectivity index (χ3n) is 1.40. The summed E-state index contributed by atoms with van der Waals surface area (Å²) >= 11 is 5.55. The number of rotatable bonds is 0. The van der Waals surface area contributed by atoms with Gasteiger partial charge in [-0.25, -0.2) is 4.39 Å². The van der Waals surface area contributed by atoms with Crippen molar-refractivity contribution in [3.8, 4) is 0 Å². The zero-order valence-corrected chi connectivity index (χ0v) is 5.95. The van der Waals surface area contributed by atoms with E-state index in [9.17, 15) is 4.39 Å². The molecule has 1 aliphatic rings. The lowest BCUT2D eigenvalue weighted by Gasteiger charge is -2.10. The maximum absolute atomic E-state index is 12.6. The van der Waals surface area contributed by atoms with Gasteiger partial charge in [-0.3, -0.25) is 0 Å². The van der Waals surface area contributed by atoms with E-state index in [1.165, 1.54) is 0 Å². The molecule has 0 amide bonds. The maximum atomic E-state index is 12.6. The van der Waals surface area contributed by atoms with Crippen molar-refractivity contribution < 1.29 is 4.39 Å². The van der Waals surface area contributed by atoms with Crippen LogP contribution in [0.1, 0.15) is 13.3 Å². The molecule has 0 saturated carbocycles. The Bertz CT molecular complexity index is 170. The second-order valence-electron chi connectivity index (χ2n) is 2.20. The number of hydrogen-bond donors (Lipinski definition) is 0. The van der Waals surface area contributed by atoms with Crippen LogP contribution in [-0.2, 0) is 0 Å². The van der Waals surface area contributed by atoms with Crippen molar-refractivity contribution in [3.63, 3.8) is 0 Å². The lowest BCUT2D eigenvalue weighted by Crippen LogP contribution is -2.04. The molecule has 1 aliphatic carbocycles. The predicted octanol–water partition coefficient (Wildman–Crippen LogP) is 2.80. The molecular weight excluding hydrogens is 139 g/mol. The average molecular weight is 147 g/mol. The molecule has 0 unspecified atom stereocenters. The van der Waals surface area contributed by atoms with E-state index in [-0.39, 0.29) is 0 Å². The molecule has 0 aromatic carbocycles. The highest BCUT2D eigenvalue weighted by atomic mass is 35.5. The van der Waals surface area contributed by atoms with E-state index in [1.807, 2.05) is 0 Å². The Morgan fingerprint density at radius 1 is 1.67 bits per heavy atom. The molecule has 9 heavy (non-hydrogen) atoms. The van der Waals surface area contributed by atoms with Gasteiger partial charge in [0.1, 0.15) is 6.17 Å². The maximum Gasteiger partial charge on any atom is 0.126 e. The first kappa shape index (κ1) is 6.81. The molecule has 1 atom stereocenters. The van der Waals surface area contributed by atoms with Crippen LogP contribution in [0.2, 0.25) is 0 Å². The van der Waals surface area contributed by atoms with Gasteiger partial charge in [0.2, 0.25) is 0 Å². The van der Waals surface area contributed by atoms with E-state index < -0.39 is 6.17 Å². The Hall–Kier alpha value is -0.300. The summed E-state index contributed by atoms with van der Waals surface area (Å²) in [4.78, 5) is 0.